The predicted molar refractivity (Wildman–Crippen MR) is 228 cm³/mol. The van der Waals surface area contributed by atoms with Crippen molar-refractivity contribution in [3.63, 3.8) is 0 Å². The molecule has 5 aromatic carbocycles. The Morgan fingerprint density at radius 1 is 0.283 bits per heavy atom. The van der Waals surface area contributed by atoms with Crippen LogP contribution >= 0.6 is 0 Å². The molecule has 5 N–H and O–H groups in total. The Hall–Kier alpha value is -7.55. The molecule has 310 valence electrons. The summed E-state index contributed by atoms with van der Waals surface area (Å²) in [5.74, 6) is -2.89. The van der Waals surface area contributed by atoms with Gasteiger partial charge in [-0.1, -0.05) is 0 Å². The van der Waals surface area contributed by atoms with Gasteiger partial charge in [0.05, 0.1) is 91.8 Å². The van der Waals surface area contributed by atoms with E-state index >= 15 is 0 Å². The van der Waals surface area contributed by atoms with Crippen LogP contribution in [0.5, 0.6) is 28.7 Å². The molecule has 1 aliphatic rings. The molecule has 6 rings (SSSR count). The topological polar surface area (TPSA) is 192 Å². The lowest BCUT2D eigenvalue weighted by Gasteiger charge is -2.19. The molecule has 1 heterocycles. The molecule has 10 bridgehead atoms. The van der Waals surface area contributed by atoms with Crippen LogP contribution in [0.15, 0.2) is 60.7 Å². The maximum Gasteiger partial charge on any atom is 0.259 e. The summed E-state index contributed by atoms with van der Waals surface area (Å²) >= 11 is 0. The molecule has 60 heavy (non-hydrogen) atoms. The van der Waals surface area contributed by atoms with Crippen molar-refractivity contribution in [3.05, 3.63) is 116 Å². The van der Waals surface area contributed by atoms with Gasteiger partial charge in [-0.15, -0.1) is 0 Å². The quantitative estimate of drug-likeness (QED) is 0.117. The fraction of sp³-hybridized carbons (Fsp3) is 0.222. The molecule has 0 fully saturated rings. The summed E-state index contributed by atoms with van der Waals surface area (Å²) < 4.78 is 28.6. The number of anilines is 5. The molecule has 0 atom stereocenters. The van der Waals surface area contributed by atoms with Crippen molar-refractivity contribution in [2.24, 2.45) is 0 Å². The third-order valence-electron chi connectivity index (χ3n) is 9.65. The van der Waals surface area contributed by atoms with E-state index in [9.17, 15) is 24.0 Å². The first-order chi connectivity index (χ1) is 28.6. The number of benzene rings is 5. The highest BCUT2D eigenvalue weighted by molar-refractivity contribution is 6.16. The Labute approximate surface area is 346 Å². The summed E-state index contributed by atoms with van der Waals surface area (Å²) in [7, 11) is 6.82. The van der Waals surface area contributed by atoms with Crippen LogP contribution in [0.4, 0.5) is 28.4 Å². The third kappa shape index (κ3) is 8.23. The highest BCUT2D eigenvalue weighted by atomic mass is 16.5. The predicted octanol–water partition coefficient (Wildman–Crippen LogP) is 7.85. The number of carbonyl (C=O) groups is 5. The summed E-state index contributed by atoms with van der Waals surface area (Å²) in [5.41, 5.74) is 4.27. The van der Waals surface area contributed by atoms with Crippen molar-refractivity contribution in [3.8, 4) is 28.7 Å². The van der Waals surface area contributed by atoms with Crippen molar-refractivity contribution in [2.45, 2.75) is 34.6 Å². The lowest BCUT2D eigenvalue weighted by molar-refractivity contribution is 0.101. The van der Waals surface area contributed by atoms with Gasteiger partial charge >= 0.3 is 0 Å². The molecule has 0 saturated carbocycles. The van der Waals surface area contributed by atoms with E-state index < -0.39 is 29.5 Å². The first-order valence-corrected chi connectivity index (χ1v) is 18.6. The number of methoxy groups -OCH3 is 5. The second kappa shape index (κ2) is 17.1. The van der Waals surface area contributed by atoms with Crippen LogP contribution in [0.1, 0.15) is 79.6 Å². The molecule has 1 aliphatic heterocycles. The minimum absolute atomic E-state index is 0.0505. The number of amides is 5. The van der Waals surface area contributed by atoms with E-state index in [2.05, 4.69) is 26.6 Å². The molecule has 0 radical (unpaired) electrons. The standard InChI is InChI=1S/C45H45N5O10/c1-21-11-26-36(56-6)31(16-21)46-42(52)27-12-22(2)18-33(37(27)57-7)48-44(54)29-14-24(4)20-35(39(29)59-9)50-45(55)30-15-25(5)19-34(40(30)60-10)49-43(53)28-13-23(3)17-32(38(28)58-8)47-41(26)51/h11-20H,1-10H3,(H,46,52)(H,47,51)(H,48,54)(H,49,53)(H,50,55). The highest BCUT2D eigenvalue weighted by Crippen LogP contribution is 2.39. The fourth-order valence-corrected chi connectivity index (χ4v) is 7.22. The number of fused-ring (bicyclic) bond motifs is 10. The molecule has 0 spiro atoms. The number of carbonyl (C=O) groups excluding carboxylic acids is 5. The molecule has 0 unspecified atom stereocenters. The number of ether oxygens (including phenoxy) is 5. The van der Waals surface area contributed by atoms with Gasteiger partial charge in [0.25, 0.3) is 29.5 Å². The summed E-state index contributed by atoms with van der Waals surface area (Å²) in [4.78, 5) is 70.7. The first kappa shape index (κ1) is 42.1. The van der Waals surface area contributed by atoms with E-state index in [-0.39, 0.29) is 85.0 Å². The molecular formula is C45H45N5O10. The summed E-state index contributed by atoms with van der Waals surface area (Å²) in [6.45, 7) is 8.74. The second-order valence-electron chi connectivity index (χ2n) is 14.2. The Bertz CT molecular complexity index is 2200. The van der Waals surface area contributed by atoms with Crippen LogP contribution in [0.2, 0.25) is 0 Å². The van der Waals surface area contributed by atoms with Crippen LogP contribution in [0.25, 0.3) is 0 Å². The monoisotopic (exact) mass is 815 g/mol. The minimum Gasteiger partial charge on any atom is -0.494 e. The Morgan fingerprint density at radius 3 is 0.567 bits per heavy atom. The normalized spacial score (nSPS) is 13.0. The van der Waals surface area contributed by atoms with Crippen LogP contribution in [-0.4, -0.2) is 65.1 Å². The molecule has 5 amide bonds. The lowest BCUT2D eigenvalue weighted by atomic mass is 10.0. The second-order valence-corrected chi connectivity index (χ2v) is 14.2. The largest absolute Gasteiger partial charge is 0.494 e. The van der Waals surface area contributed by atoms with E-state index in [4.69, 9.17) is 23.7 Å². The minimum atomic E-state index is -0.629. The number of rotatable bonds is 5. The van der Waals surface area contributed by atoms with Gasteiger partial charge in [-0.3, -0.25) is 24.0 Å². The van der Waals surface area contributed by atoms with Gasteiger partial charge in [0, 0.05) is 0 Å². The summed E-state index contributed by atoms with van der Waals surface area (Å²) in [6.07, 6.45) is 0. The number of aryl methyl sites for hydroxylation is 5. The van der Waals surface area contributed by atoms with Gasteiger partial charge in [0.15, 0.2) is 28.7 Å². The van der Waals surface area contributed by atoms with Gasteiger partial charge in [-0.25, -0.2) is 0 Å². The van der Waals surface area contributed by atoms with E-state index in [1.165, 1.54) is 35.5 Å². The average Bonchev–Trinajstić information content (AvgIpc) is 3.19. The van der Waals surface area contributed by atoms with Crippen LogP contribution in [0.3, 0.4) is 0 Å². The zero-order chi connectivity index (χ0) is 43.6. The van der Waals surface area contributed by atoms with Crippen molar-refractivity contribution >= 4 is 58.0 Å². The fourth-order valence-electron chi connectivity index (χ4n) is 7.22. The molecule has 0 aromatic heterocycles. The van der Waals surface area contributed by atoms with Gasteiger partial charge < -0.3 is 50.3 Å². The van der Waals surface area contributed by atoms with E-state index in [0.29, 0.717) is 27.8 Å². The van der Waals surface area contributed by atoms with Gasteiger partial charge in [-0.2, -0.15) is 0 Å². The Kier molecular flexibility index (Phi) is 12.0. The number of nitrogens with one attached hydrogen (secondary N) is 5. The SMILES string of the molecule is COc1c2cc(C)cc1C(=O)Nc1cc(C)cc(c1OC)C(=O)Nc1cc(C)cc(c1OC)C(=O)Nc1cc(C)cc(c1OC)C(=O)Nc1cc(C)cc(c1OC)C(=O)N2. The molecule has 0 saturated heterocycles. The summed E-state index contributed by atoms with van der Waals surface area (Å²) in [5, 5.41) is 14.3. The third-order valence-corrected chi connectivity index (χ3v) is 9.65. The first-order valence-electron chi connectivity index (χ1n) is 18.6. The zero-order valence-electron chi connectivity index (χ0n) is 34.9. The Balaban J connectivity index is 1.59. The van der Waals surface area contributed by atoms with Gasteiger partial charge in [-0.05, 0) is 123 Å². The lowest BCUT2D eigenvalue weighted by Crippen LogP contribution is -2.20. The maximum absolute atomic E-state index is 14.1. The van der Waals surface area contributed by atoms with E-state index in [0.717, 1.165) is 0 Å². The number of hydrogen-bond acceptors (Lipinski definition) is 10. The van der Waals surface area contributed by atoms with E-state index in [1.807, 2.05) is 0 Å². The van der Waals surface area contributed by atoms with Crippen LogP contribution in [-0.2, 0) is 0 Å². The molecule has 0 aliphatic carbocycles. The average molecular weight is 816 g/mol. The zero-order valence-corrected chi connectivity index (χ0v) is 34.9. The van der Waals surface area contributed by atoms with Gasteiger partial charge in [0.1, 0.15) is 0 Å². The van der Waals surface area contributed by atoms with Crippen LogP contribution < -0.4 is 50.3 Å². The van der Waals surface area contributed by atoms with Gasteiger partial charge in [0.2, 0.25) is 0 Å². The maximum atomic E-state index is 14.1. The molecule has 15 heteroatoms. The molecular weight excluding hydrogens is 771 g/mol. The number of hydrogen-bond donors (Lipinski definition) is 5. The van der Waals surface area contributed by atoms with E-state index in [1.54, 1.807) is 95.3 Å². The van der Waals surface area contributed by atoms with Crippen molar-refractivity contribution in [1.29, 1.82) is 0 Å². The van der Waals surface area contributed by atoms with Crippen molar-refractivity contribution in [2.75, 3.05) is 62.1 Å². The Morgan fingerprint density at radius 2 is 0.433 bits per heavy atom. The summed E-state index contributed by atoms with van der Waals surface area (Å²) in [6, 6.07) is 16.2. The van der Waals surface area contributed by atoms with Crippen molar-refractivity contribution in [1.82, 2.24) is 0 Å². The van der Waals surface area contributed by atoms with Crippen LogP contribution in [0, 0.1) is 34.6 Å². The molecule has 5 aromatic rings. The van der Waals surface area contributed by atoms with Crippen molar-refractivity contribution < 1.29 is 47.7 Å². The smallest absolute Gasteiger partial charge is 0.259 e. The molecule has 15 nitrogen and oxygen atoms in total. The highest BCUT2D eigenvalue weighted by Gasteiger charge is 2.28.